The third kappa shape index (κ3) is 3.31. The minimum atomic E-state index is -0.136. The quantitative estimate of drug-likeness (QED) is 0.914. The first-order chi connectivity index (χ1) is 9.20. The van der Waals surface area contributed by atoms with Gasteiger partial charge in [-0.1, -0.05) is 12.1 Å². The summed E-state index contributed by atoms with van der Waals surface area (Å²) in [6.07, 6.45) is 3.19. The number of aromatic nitrogens is 1. The van der Waals surface area contributed by atoms with Crippen molar-refractivity contribution in [2.75, 3.05) is 7.11 Å². The highest BCUT2D eigenvalue weighted by Gasteiger charge is 2.11. The highest BCUT2D eigenvalue weighted by molar-refractivity contribution is 5.94. The molecule has 2 aromatic rings. The zero-order valence-electron chi connectivity index (χ0n) is 11.0. The number of hydrogen-bond donors (Lipinski definition) is 1. The van der Waals surface area contributed by atoms with E-state index in [-0.39, 0.29) is 11.9 Å². The van der Waals surface area contributed by atoms with Crippen LogP contribution in [0.25, 0.3) is 0 Å². The van der Waals surface area contributed by atoms with Crippen molar-refractivity contribution in [2.24, 2.45) is 0 Å². The summed E-state index contributed by atoms with van der Waals surface area (Å²) in [5.74, 6) is 0.642. The lowest BCUT2D eigenvalue weighted by Crippen LogP contribution is -2.26. The molecule has 1 heterocycles. The van der Waals surface area contributed by atoms with Crippen molar-refractivity contribution in [3.05, 3.63) is 59.9 Å². The number of ether oxygens (including phenoxy) is 1. The van der Waals surface area contributed by atoms with E-state index in [0.29, 0.717) is 5.56 Å². The molecule has 1 N–H and O–H groups in total. The molecule has 1 unspecified atom stereocenters. The van der Waals surface area contributed by atoms with E-state index in [2.05, 4.69) is 10.3 Å². The third-order valence-electron chi connectivity index (χ3n) is 2.87. The average molecular weight is 256 g/mol. The summed E-state index contributed by atoms with van der Waals surface area (Å²) in [6.45, 7) is 1.93. The molecule has 4 heteroatoms. The maximum absolute atomic E-state index is 12.0. The smallest absolute Gasteiger partial charge is 0.253 e. The van der Waals surface area contributed by atoms with Gasteiger partial charge in [0.1, 0.15) is 5.75 Å². The number of carbonyl (C=O) groups excluding carboxylic acids is 1. The van der Waals surface area contributed by atoms with Crippen LogP contribution in [0.3, 0.4) is 0 Å². The number of carbonyl (C=O) groups is 1. The molecule has 2 rings (SSSR count). The van der Waals surface area contributed by atoms with E-state index in [1.807, 2.05) is 31.2 Å². The van der Waals surface area contributed by atoms with Crippen molar-refractivity contribution in [1.29, 1.82) is 0 Å². The van der Waals surface area contributed by atoms with Crippen molar-refractivity contribution in [1.82, 2.24) is 10.3 Å². The predicted molar refractivity (Wildman–Crippen MR) is 73.1 cm³/mol. The van der Waals surface area contributed by atoms with Crippen LogP contribution in [0.4, 0.5) is 0 Å². The normalized spacial score (nSPS) is 11.7. The highest BCUT2D eigenvalue weighted by Crippen LogP contribution is 2.19. The molecule has 98 valence electrons. The van der Waals surface area contributed by atoms with Crippen molar-refractivity contribution >= 4 is 5.91 Å². The second-order valence-corrected chi connectivity index (χ2v) is 4.21. The van der Waals surface area contributed by atoms with Crippen LogP contribution in [0.15, 0.2) is 48.8 Å². The number of rotatable bonds is 4. The zero-order chi connectivity index (χ0) is 13.7. The number of hydrogen-bond acceptors (Lipinski definition) is 3. The summed E-state index contributed by atoms with van der Waals surface area (Å²) < 4.78 is 5.17. The monoisotopic (exact) mass is 256 g/mol. The van der Waals surface area contributed by atoms with Gasteiger partial charge in [0.05, 0.1) is 18.7 Å². The van der Waals surface area contributed by atoms with Gasteiger partial charge in [-0.25, -0.2) is 0 Å². The first kappa shape index (κ1) is 13.1. The van der Waals surface area contributed by atoms with E-state index in [0.717, 1.165) is 11.3 Å². The number of benzene rings is 1. The highest BCUT2D eigenvalue weighted by atomic mass is 16.5. The van der Waals surface area contributed by atoms with Crippen LogP contribution in [0.5, 0.6) is 5.75 Å². The molecule has 1 atom stereocenters. The molecule has 0 aliphatic heterocycles. The fourth-order valence-corrected chi connectivity index (χ4v) is 1.77. The molecule has 0 saturated carbocycles. The van der Waals surface area contributed by atoms with Crippen LogP contribution in [-0.2, 0) is 0 Å². The number of nitrogens with zero attached hydrogens (tertiary/aromatic N) is 1. The number of pyridine rings is 1. The van der Waals surface area contributed by atoms with E-state index in [1.54, 1.807) is 31.6 Å². The molecule has 0 aliphatic rings. The molecule has 0 spiro atoms. The molecule has 0 bridgehead atoms. The van der Waals surface area contributed by atoms with E-state index >= 15 is 0 Å². The summed E-state index contributed by atoms with van der Waals surface area (Å²) in [6, 6.07) is 11.0. The zero-order valence-corrected chi connectivity index (χ0v) is 11.0. The number of amides is 1. The Kier molecular flexibility index (Phi) is 4.13. The molecule has 1 aromatic carbocycles. The van der Waals surface area contributed by atoms with Crippen molar-refractivity contribution in [3.8, 4) is 5.75 Å². The van der Waals surface area contributed by atoms with Gasteiger partial charge in [-0.05, 0) is 36.8 Å². The van der Waals surface area contributed by atoms with Gasteiger partial charge in [0, 0.05) is 12.4 Å². The third-order valence-corrected chi connectivity index (χ3v) is 2.87. The second-order valence-electron chi connectivity index (χ2n) is 4.21. The van der Waals surface area contributed by atoms with Gasteiger partial charge in [0.2, 0.25) is 0 Å². The predicted octanol–water partition coefficient (Wildman–Crippen LogP) is 2.58. The summed E-state index contributed by atoms with van der Waals surface area (Å²) >= 11 is 0. The largest absolute Gasteiger partial charge is 0.497 e. The Labute approximate surface area is 112 Å². The standard InChI is InChI=1S/C15H16N2O2/c1-11(12-5-3-7-14(9-12)19-2)17-15(18)13-6-4-8-16-10-13/h3-11H,1-2H3,(H,17,18). The molecule has 0 fully saturated rings. The number of nitrogens with one attached hydrogen (secondary N) is 1. The summed E-state index contributed by atoms with van der Waals surface area (Å²) in [5, 5.41) is 2.93. The Morgan fingerprint density at radius 1 is 1.32 bits per heavy atom. The summed E-state index contributed by atoms with van der Waals surface area (Å²) in [5.41, 5.74) is 1.55. The lowest BCUT2D eigenvalue weighted by atomic mass is 10.1. The van der Waals surface area contributed by atoms with Gasteiger partial charge in [-0.2, -0.15) is 0 Å². The minimum absolute atomic E-state index is 0.0946. The molecule has 1 aromatic heterocycles. The lowest BCUT2D eigenvalue weighted by Gasteiger charge is -2.15. The van der Waals surface area contributed by atoms with Crippen LogP contribution >= 0.6 is 0 Å². The molecule has 19 heavy (non-hydrogen) atoms. The van der Waals surface area contributed by atoms with Gasteiger partial charge >= 0.3 is 0 Å². The molecular weight excluding hydrogens is 240 g/mol. The average Bonchev–Trinajstić information content (AvgIpc) is 2.48. The molecule has 0 saturated heterocycles. The molecule has 0 aliphatic carbocycles. The Hall–Kier alpha value is -2.36. The fraction of sp³-hybridized carbons (Fsp3) is 0.200. The fourth-order valence-electron chi connectivity index (χ4n) is 1.77. The van der Waals surface area contributed by atoms with Crippen LogP contribution in [0.1, 0.15) is 28.9 Å². The molecule has 0 radical (unpaired) electrons. The molecule has 4 nitrogen and oxygen atoms in total. The Bertz CT molecular complexity index is 555. The van der Waals surface area contributed by atoms with E-state index < -0.39 is 0 Å². The van der Waals surface area contributed by atoms with Crippen LogP contribution in [0, 0.1) is 0 Å². The first-order valence-electron chi connectivity index (χ1n) is 6.05. The van der Waals surface area contributed by atoms with Gasteiger partial charge in [0.25, 0.3) is 5.91 Å². The van der Waals surface area contributed by atoms with E-state index in [9.17, 15) is 4.79 Å². The van der Waals surface area contributed by atoms with Crippen molar-refractivity contribution in [2.45, 2.75) is 13.0 Å². The van der Waals surface area contributed by atoms with Crippen molar-refractivity contribution < 1.29 is 9.53 Å². The number of methoxy groups -OCH3 is 1. The Balaban J connectivity index is 2.08. The van der Waals surface area contributed by atoms with Gasteiger partial charge in [-0.15, -0.1) is 0 Å². The molecule has 1 amide bonds. The van der Waals surface area contributed by atoms with E-state index in [1.165, 1.54) is 0 Å². The Morgan fingerprint density at radius 3 is 2.84 bits per heavy atom. The SMILES string of the molecule is COc1cccc(C(C)NC(=O)c2cccnc2)c1. The van der Waals surface area contributed by atoms with Crippen LogP contribution in [-0.4, -0.2) is 18.0 Å². The first-order valence-corrected chi connectivity index (χ1v) is 6.05. The van der Waals surface area contributed by atoms with Gasteiger partial charge < -0.3 is 10.1 Å². The summed E-state index contributed by atoms with van der Waals surface area (Å²) in [4.78, 5) is 15.9. The topological polar surface area (TPSA) is 51.2 Å². The van der Waals surface area contributed by atoms with Gasteiger partial charge in [0.15, 0.2) is 0 Å². The molecular formula is C15H16N2O2. The minimum Gasteiger partial charge on any atom is -0.497 e. The van der Waals surface area contributed by atoms with E-state index in [4.69, 9.17) is 4.74 Å². The lowest BCUT2D eigenvalue weighted by molar-refractivity contribution is 0.0939. The van der Waals surface area contributed by atoms with Crippen LogP contribution in [0.2, 0.25) is 0 Å². The second kappa shape index (κ2) is 6.00. The van der Waals surface area contributed by atoms with Gasteiger partial charge in [-0.3, -0.25) is 9.78 Å². The summed E-state index contributed by atoms with van der Waals surface area (Å²) in [7, 11) is 1.62. The Morgan fingerprint density at radius 2 is 2.16 bits per heavy atom. The maximum atomic E-state index is 12.0. The maximum Gasteiger partial charge on any atom is 0.253 e. The van der Waals surface area contributed by atoms with Crippen LogP contribution < -0.4 is 10.1 Å². The van der Waals surface area contributed by atoms with Crippen molar-refractivity contribution in [3.63, 3.8) is 0 Å².